The van der Waals surface area contributed by atoms with Crippen LogP contribution in [-0.2, 0) is 14.6 Å². The number of rotatable bonds is 3. The SMILES string of the molecule is CN(C)c1ccc(N2C(=NC(=O)CC(C)(C)C)S[C@H]3CS(=O)(=O)C[C@@H]32)cc1. The molecule has 148 valence electrons. The number of thioether (sulfide) groups is 1. The molecule has 0 N–H and O–H groups in total. The van der Waals surface area contributed by atoms with E-state index in [0.717, 1.165) is 11.4 Å². The Morgan fingerprint density at radius 1 is 1.22 bits per heavy atom. The smallest absolute Gasteiger partial charge is 0.248 e. The molecular weight excluding hydrogens is 382 g/mol. The van der Waals surface area contributed by atoms with E-state index in [-0.39, 0.29) is 34.1 Å². The van der Waals surface area contributed by atoms with Crippen LogP contribution in [0.2, 0.25) is 0 Å². The zero-order valence-corrected chi connectivity index (χ0v) is 18.1. The van der Waals surface area contributed by atoms with E-state index in [9.17, 15) is 13.2 Å². The molecular formula is C19H27N3O3S2. The number of sulfone groups is 1. The van der Waals surface area contributed by atoms with Crippen LogP contribution in [0.25, 0.3) is 0 Å². The fourth-order valence-electron chi connectivity index (χ4n) is 3.38. The molecule has 2 fully saturated rings. The minimum atomic E-state index is -3.06. The molecule has 8 heteroatoms. The van der Waals surface area contributed by atoms with Gasteiger partial charge in [0.05, 0.1) is 17.5 Å². The van der Waals surface area contributed by atoms with Crippen molar-refractivity contribution in [2.75, 3.05) is 35.4 Å². The van der Waals surface area contributed by atoms with Crippen LogP contribution in [0.4, 0.5) is 11.4 Å². The summed E-state index contributed by atoms with van der Waals surface area (Å²) in [5.74, 6) is 0.0796. The van der Waals surface area contributed by atoms with Crippen LogP contribution in [0.3, 0.4) is 0 Å². The third-order valence-corrected chi connectivity index (χ3v) is 7.82. The molecule has 2 aliphatic heterocycles. The number of amidine groups is 1. The summed E-state index contributed by atoms with van der Waals surface area (Å²) in [7, 11) is 0.882. The Balaban J connectivity index is 1.94. The van der Waals surface area contributed by atoms with E-state index in [4.69, 9.17) is 0 Å². The van der Waals surface area contributed by atoms with Crippen molar-refractivity contribution >= 4 is 44.0 Å². The highest BCUT2D eigenvalue weighted by Crippen LogP contribution is 2.41. The monoisotopic (exact) mass is 409 g/mol. The number of carbonyl (C=O) groups is 1. The van der Waals surface area contributed by atoms with Crippen LogP contribution in [-0.4, -0.2) is 56.4 Å². The number of hydrogen-bond acceptors (Lipinski definition) is 5. The second-order valence-electron chi connectivity index (χ2n) is 8.61. The molecule has 0 aliphatic carbocycles. The van der Waals surface area contributed by atoms with Gasteiger partial charge in [0.2, 0.25) is 5.91 Å². The first kappa shape index (κ1) is 20.2. The maximum absolute atomic E-state index is 12.4. The van der Waals surface area contributed by atoms with E-state index in [0.29, 0.717) is 11.6 Å². The highest BCUT2D eigenvalue weighted by atomic mass is 32.2. The summed E-state index contributed by atoms with van der Waals surface area (Å²) in [5, 5.41) is 0.538. The van der Waals surface area contributed by atoms with Gasteiger partial charge in [0.25, 0.3) is 0 Å². The van der Waals surface area contributed by atoms with Gasteiger partial charge in [-0.3, -0.25) is 4.79 Å². The first-order valence-corrected chi connectivity index (χ1v) is 11.7. The summed E-state index contributed by atoms with van der Waals surface area (Å²) in [6, 6.07) is 7.74. The van der Waals surface area contributed by atoms with E-state index in [1.165, 1.54) is 11.8 Å². The number of fused-ring (bicyclic) bond motifs is 1. The minimum absolute atomic E-state index is 0.0790. The molecule has 2 aliphatic rings. The van der Waals surface area contributed by atoms with Crippen molar-refractivity contribution in [1.82, 2.24) is 0 Å². The molecule has 0 saturated carbocycles. The van der Waals surface area contributed by atoms with Crippen molar-refractivity contribution in [1.29, 1.82) is 0 Å². The van der Waals surface area contributed by atoms with Crippen LogP contribution in [0.15, 0.2) is 29.3 Å². The first-order valence-electron chi connectivity index (χ1n) is 9.00. The molecule has 6 nitrogen and oxygen atoms in total. The molecule has 1 amide bonds. The van der Waals surface area contributed by atoms with Gasteiger partial charge in [0.1, 0.15) is 0 Å². The average molecular weight is 410 g/mol. The number of hydrogen-bond donors (Lipinski definition) is 0. The molecule has 3 rings (SSSR count). The maximum Gasteiger partial charge on any atom is 0.248 e. The normalized spacial score (nSPS) is 25.7. The molecule has 2 saturated heterocycles. The van der Waals surface area contributed by atoms with Gasteiger partial charge in [-0.2, -0.15) is 4.99 Å². The quantitative estimate of drug-likeness (QED) is 0.765. The highest BCUT2D eigenvalue weighted by molar-refractivity contribution is 8.16. The minimum Gasteiger partial charge on any atom is -0.378 e. The van der Waals surface area contributed by atoms with E-state index in [1.54, 1.807) is 0 Å². The van der Waals surface area contributed by atoms with Crippen LogP contribution < -0.4 is 9.80 Å². The molecule has 0 aromatic heterocycles. The molecule has 0 radical (unpaired) electrons. The van der Waals surface area contributed by atoms with E-state index in [1.807, 2.05) is 68.9 Å². The summed E-state index contributed by atoms with van der Waals surface area (Å²) in [6.45, 7) is 6.02. The average Bonchev–Trinajstić information content (AvgIpc) is 2.96. The number of carbonyl (C=O) groups excluding carboxylic acids is 1. The molecule has 1 aromatic carbocycles. The zero-order chi connectivity index (χ0) is 20.0. The largest absolute Gasteiger partial charge is 0.378 e. The van der Waals surface area contributed by atoms with Crippen molar-refractivity contribution in [2.24, 2.45) is 10.4 Å². The molecule has 0 bridgehead atoms. The van der Waals surface area contributed by atoms with Crippen molar-refractivity contribution in [3.8, 4) is 0 Å². The second-order valence-corrected chi connectivity index (χ2v) is 12.0. The zero-order valence-electron chi connectivity index (χ0n) is 16.5. The summed E-state index contributed by atoms with van der Waals surface area (Å²) < 4.78 is 24.3. The van der Waals surface area contributed by atoms with Gasteiger partial charge in [0, 0.05) is 37.1 Å². The van der Waals surface area contributed by atoms with Crippen LogP contribution in [0.1, 0.15) is 27.2 Å². The van der Waals surface area contributed by atoms with Crippen LogP contribution >= 0.6 is 11.8 Å². The maximum atomic E-state index is 12.4. The lowest BCUT2D eigenvalue weighted by Crippen LogP contribution is -2.37. The number of amides is 1. The number of aliphatic imine (C=N–C) groups is 1. The summed E-state index contributed by atoms with van der Waals surface area (Å²) in [4.78, 5) is 20.7. The number of anilines is 2. The van der Waals surface area contributed by atoms with Gasteiger partial charge in [-0.1, -0.05) is 32.5 Å². The Labute approximate surface area is 165 Å². The summed E-state index contributed by atoms with van der Waals surface area (Å²) in [6.07, 6.45) is 0.359. The Morgan fingerprint density at radius 3 is 2.41 bits per heavy atom. The number of benzene rings is 1. The standard InChI is InChI=1S/C19H27N3O3S2/c1-19(2,3)10-17(23)20-18-22(14-8-6-13(7-9-14)21(4)5)15-11-27(24,25)12-16(15)26-18/h6-9,15-16H,10-12H2,1-5H3/t15-,16-/m0/s1. The molecule has 0 spiro atoms. The van der Waals surface area contributed by atoms with Gasteiger partial charge in [-0.25, -0.2) is 8.42 Å². The predicted octanol–water partition coefficient (Wildman–Crippen LogP) is 2.79. The van der Waals surface area contributed by atoms with Gasteiger partial charge in [-0.05, 0) is 29.7 Å². The van der Waals surface area contributed by atoms with Crippen LogP contribution in [0.5, 0.6) is 0 Å². The topological polar surface area (TPSA) is 70.0 Å². The van der Waals surface area contributed by atoms with Crippen LogP contribution in [0, 0.1) is 5.41 Å². The highest BCUT2D eigenvalue weighted by Gasteiger charge is 2.49. The molecule has 27 heavy (non-hydrogen) atoms. The summed E-state index contributed by atoms with van der Waals surface area (Å²) >= 11 is 1.42. The van der Waals surface area contributed by atoms with Crippen molar-refractivity contribution in [3.05, 3.63) is 24.3 Å². The fourth-order valence-corrected chi connectivity index (χ4v) is 7.31. The molecule has 0 unspecified atom stereocenters. The molecule has 2 heterocycles. The number of nitrogens with zero attached hydrogens (tertiary/aromatic N) is 3. The van der Waals surface area contributed by atoms with Gasteiger partial charge in [0.15, 0.2) is 15.0 Å². The van der Waals surface area contributed by atoms with E-state index < -0.39 is 9.84 Å². The third-order valence-electron chi connectivity index (χ3n) is 4.61. The fraction of sp³-hybridized carbons (Fsp3) is 0.579. The van der Waals surface area contributed by atoms with Gasteiger partial charge < -0.3 is 9.80 Å². The van der Waals surface area contributed by atoms with Crippen molar-refractivity contribution < 1.29 is 13.2 Å². The van der Waals surface area contributed by atoms with E-state index >= 15 is 0 Å². The third kappa shape index (κ3) is 4.66. The van der Waals surface area contributed by atoms with Crippen molar-refractivity contribution in [3.63, 3.8) is 0 Å². The Kier molecular flexibility index (Phi) is 5.33. The lowest BCUT2D eigenvalue weighted by atomic mass is 9.92. The molecule has 1 aromatic rings. The predicted molar refractivity (Wildman–Crippen MR) is 114 cm³/mol. The Morgan fingerprint density at radius 2 is 1.85 bits per heavy atom. The lowest BCUT2D eigenvalue weighted by Gasteiger charge is -2.25. The Bertz CT molecular complexity index is 855. The van der Waals surface area contributed by atoms with E-state index in [2.05, 4.69) is 4.99 Å². The Hall–Kier alpha value is -1.54. The first-order chi connectivity index (χ1) is 12.5. The van der Waals surface area contributed by atoms with Gasteiger partial charge >= 0.3 is 0 Å². The molecule has 2 atom stereocenters. The lowest BCUT2D eigenvalue weighted by molar-refractivity contribution is -0.119. The van der Waals surface area contributed by atoms with Gasteiger partial charge in [-0.15, -0.1) is 0 Å². The van der Waals surface area contributed by atoms with Crippen molar-refractivity contribution in [2.45, 2.75) is 38.5 Å². The summed E-state index contributed by atoms with van der Waals surface area (Å²) in [5.41, 5.74) is 1.80. The second kappa shape index (κ2) is 7.13.